The smallest absolute Gasteiger partial charge is 0.106 e. The number of carbonyl (C=O) groups is 1. The van der Waals surface area contributed by atoms with Crippen LogP contribution in [-0.4, -0.2) is 17.8 Å². The van der Waals surface area contributed by atoms with Crippen LogP contribution in [0.5, 0.6) is 0 Å². The van der Waals surface area contributed by atoms with E-state index in [1.807, 2.05) is 69.3 Å². The fourth-order valence-corrected chi connectivity index (χ4v) is 3.17. The monoisotopic (exact) mass is 400 g/mol. The van der Waals surface area contributed by atoms with E-state index < -0.39 is 0 Å². The van der Waals surface area contributed by atoms with Crippen LogP contribution in [0.2, 0.25) is 0 Å². The second kappa shape index (κ2) is 10.9. The zero-order valence-corrected chi connectivity index (χ0v) is 17.5. The number of fused-ring (bicyclic) bond motifs is 1. The summed E-state index contributed by atoms with van der Waals surface area (Å²) >= 11 is 0. The average molecular weight is 401 g/mol. The summed E-state index contributed by atoms with van der Waals surface area (Å²) in [4.78, 5) is 12.4. The van der Waals surface area contributed by atoms with Crippen LogP contribution in [0.25, 0.3) is 34.2 Å². The van der Waals surface area contributed by atoms with Crippen LogP contribution in [-0.2, 0) is 4.79 Å². The number of nitrogens with two attached hydrogens (primary N) is 2. The minimum absolute atomic E-state index is 0.0301. The number of nitrogens with zero attached hydrogens (tertiary/aromatic N) is 2. The van der Waals surface area contributed by atoms with Gasteiger partial charge in [0.2, 0.25) is 0 Å². The molecule has 5 nitrogen and oxygen atoms in total. The molecule has 4 N–H and O–H groups in total. The summed E-state index contributed by atoms with van der Waals surface area (Å²) in [6.45, 7) is 5.95. The molecule has 1 aromatic heterocycles. The molecule has 5 heteroatoms. The summed E-state index contributed by atoms with van der Waals surface area (Å²) in [5, 5.41) is 11.2. The van der Waals surface area contributed by atoms with Crippen molar-refractivity contribution in [2.24, 2.45) is 11.7 Å². The van der Waals surface area contributed by atoms with Crippen molar-refractivity contribution in [3.63, 3.8) is 0 Å². The Morgan fingerprint density at radius 3 is 2.50 bits per heavy atom. The molecule has 3 aromatic rings. The number of aromatic nitrogens is 1. The first kappa shape index (κ1) is 22.8. The molecule has 0 bridgehead atoms. The zero-order valence-electron chi connectivity index (χ0n) is 17.5. The van der Waals surface area contributed by atoms with Gasteiger partial charge in [-0.05, 0) is 67.3 Å². The van der Waals surface area contributed by atoms with Crippen molar-refractivity contribution in [3.05, 3.63) is 59.1 Å². The third kappa shape index (κ3) is 5.76. The normalized spacial score (nSPS) is 14.7. The summed E-state index contributed by atoms with van der Waals surface area (Å²) in [5.74, 6) is 0.440. The fraction of sp³-hybridized carbons (Fsp3) is 0.240. The molecule has 0 amide bonds. The highest BCUT2D eigenvalue weighted by atomic mass is 16.1. The topological polar surface area (TPSA) is 106 Å². The fourth-order valence-electron chi connectivity index (χ4n) is 3.17. The van der Waals surface area contributed by atoms with Gasteiger partial charge in [0.05, 0.1) is 11.6 Å². The van der Waals surface area contributed by atoms with Crippen LogP contribution in [0.4, 0.5) is 5.69 Å². The van der Waals surface area contributed by atoms with Gasteiger partial charge in [0.1, 0.15) is 6.79 Å². The van der Waals surface area contributed by atoms with Crippen LogP contribution in [0.1, 0.15) is 26.7 Å². The maximum atomic E-state index is 8.00. The molecule has 1 heterocycles. The van der Waals surface area contributed by atoms with Crippen LogP contribution in [0.15, 0.2) is 48.7 Å². The molecule has 4 rings (SSSR count). The number of pyridine rings is 1. The Morgan fingerprint density at radius 1 is 1.23 bits per heavy atom. The second-order valence-electron chi connectivity index (χ2n) is 7.16. The van der Waals surface area contributed by atoms with Gasteiger partial charge < -0.3 is 16.3 Å². The van der Waals surface area contributed by atoms with Gasteiger partial charge in [-0.1, -0.05) is 30.4 Å². The lowest BCUT2D eigenvalue weighted by Crippen LogP contribution is -2.30. The highest BCUT2D eigenvalue weighted by Crippen LogP contribution is 2.27. The molecule has 1 fully saturated rings. The first-order chi connectivity index (χ1) is 14.5. The molecule has 0 spiro atoms. The predicted octanol–water partition coefficient (Wildman–Crippen LogP) is 3.15. The van der Waals surface area contributed by atoms with Gasteiger partial charge in [-0.15, -0.1) is 0 Å². The lowest BCUT2D eigenvalue weighted by Gasteiger charge is -2.09. The Bertz CT molecular complexity index is 1150. The highest BCUT2D eigenvalue weighted by molar-refractivity contribution is 5.94. The van der Waals surface area contributed by atoms with Gasteiger partial charge in [0, 0.05) is 34.4 Å². The van der Waals surface area contributed by atoms with Gasteiger partial charge in [0.25, 0.3) is 0 Å². The highest BCUT2D eigenvalue weighted by Gasteiger charge is 2.19. The number of nitrogen functional groups attached to an aromatic ring is 1. The Balaban J connectivity index is 0.000000393. The summed E-state index contributed by atoms with van der Waals surface area (Å²) in [5.41, 5.74) is 16.2. The van der Waals surface area contributed by atoms with E-state index in [0.29, 0.717) is 5.92 Å². The van der Waals surface area contributed by atoms with E-state index in [4.69, 9.17) is 21.5 Å². The van der Waals surface area contributed by atoms with E-state index >= 15 is 0 Å². The van der Waals surface area contributed by atoms with E-state index in [1.165, 1.54) is 0 Å². The Morgan fingerprint density at radius 2 is 1.93 bits per heavy atom. The van der Waals surface area contributed by atoms with Crippen LogP contribution in [0.3, 0.4) is 0 Å². The second-order valence-corrected chi connectivity index (χ2v) is 7.16. The number of carbonyl (C=O) groups excluding carboxylic acids is 1. The number of para-hydroxylation sites is 1. The summed E-state index contributed by atoms with van der Waals surface area (Å²) < 4.78 is 0. The van der Waals surface area contributed by atoms with Crippen LogP contribution < -0.4 is 21.9 Å². The SMILES string of the molecule is C/C=c1/c(N)cc(-c2ccnc3ccccc23)c/c1=C/C(C)N.C=O.N#CC1CC1. The number of hydrogen-bond donors (Lipinski definition) is 2. The summed E-state index contributed by atoms with van der Waals surface area (Å²) in [6, 6.07) is 16.4. The largest absolute Gasteiger partial charge is 0.398 e. The summed E-state index contributed by atoms with van der Waals surface area (Å²) in [7, 11) is 0. The lowest BCUT2D eigenvalue weighted by molar-refractivity contribution is -0.0979. The van der Waals surface area contributed by atoms with E-state index in [-0.39, 0.29) is 6.04 Å². The molecule has 0 radical (unpaired) electrons. The van der Waals surface area contributed by atoms with E-state index in [2.05, 4.69) is 23.2 Å². The third-order valence-electron chi connectivity index (χ3n) is 4.70. The molecule has 1 aliphatic carbocycles. The molecule has 0 saturated heterocycles. The van der Waals surface area contributed by atoms with Crippen molar-refractivity contribution in [3.8, 4) is 17.2 Å². The maximum Gasteiger partial charge on any atom is 0.106 e. The quantitative estimate of drug-likeness (QED) is 0.643. The van der Waals surface area contributed by atoms with Crippen LogP contribution >= 0.6 is 0 Å². The number of rotatable bonds is 2. The van der Waals surface area contributed by atoms with Crippen molar-refractivity contribution in [1.29, 1.82) is 5.26 Å². The maximum absolute atomic E-state index is 8.00. The summed E-state index contributed by atoms with van der Waals surface area (Å²) in [6.07, 6.45) is 8.20. The lowest BCUT2D eigenvalue weighted by atomic mass is 9.98. The molecule has 30 heavy (non-hydrogen) atoms. The number of anilines is 1. The minimum Gasteiger partial charge on any atom is -0.398 e. The molecule has 1 saturated carbocycles. The van der Waals surface area contributed by atoms with Gasteiger partial charge in [0.15, 0.2) is 0 Å². The Hall–Kier alpha value is -3.49. The predicted molar refractivity (Wildman–Crippen MR) is 125 cm³/mol. The molecular formula is C25H28N4O. The zero-order chi connectivity index (χ0) is 22.1. The molecular weight excluding hydrogens is 372 g/mol. The van der Waals surface area contributed by atoms with Gasteiger partial charge in [-0.3, -0.25) is 4.98 Å². The number of hydrogen-bond acceptors (Lipinski definition) is 5. The van der Waals surface area contributed by atoms with Crippen molar-refractivity contribution in [1.82, 2.24) is 4.98 Å². The molecule has 1 unspecified atom stereocenters. The third-order valence-corrected chi connectivity index (χ3v) is 4.70. The average Bonchev–Trinajstić information content (AvgIpc) is 3.59. The Labute approximate surface area is 177 Å². The minimum atomic E-state index is -0.0301. The van der Waals surface area contributed by atoms with Gasteiger partial charge >= 0.3 is 0 Å². The molecule has 1 atom stereocenters. The van der Waals surface area contributed by atoms with E-state index in [9.17, 15) is 0 Å². The van der Waals surface area contributed by atoms with E-state index in [1.54, 1.807) is 0 Å². The first-order valence-corrected chi connectivity index (χ1v) is 9.89. The number of benzene rings is 2. The van der Waals surface area contributed by atoms with Crippen molar-refractivity contribution in [2.75, 3.05) is 5.73 Å². The van der Waals surface area contributed by atoms with Crippen molar-refractivity contribution < 1.29 is 4.79 Å². The molecule has 0 aliphatic heterocycles. The van der Waals surface area contributed by atoms with Crippen molar-refractivity contribution in [2.45, 2.75) is 32.7 Å². The molecule has 1 aliphatic rings. The molecule has 154 valence electrons. The van der Waals surface area contributed by atoms with Gasteiger partial charge in [-0.25, -0.2) is 0 Å². The van der Waals surface area contributed by atoms with Crippen LogP contribution in [0, 0.1) is 17.2 Å². The number of nitriles is 1. The Kier molecular flexibility index (Phi) is 8.28. The molecule has 2 aromatic carbocycles. The van der Waals surface area contributed by atoms with Crippen molar-refractivity contribution >= 4 is 35.5 Å². The first-order valence-electron chi connectivity index (χ1n) is 9.89. The standard InChI is InChI=1S/C20H21N3.C4H5N.CH2O/c1-3-16-14(10-13(2)21)11-15(12-19(16)22)17-8-9-23-20-7-5-4-6-18(17)20;5-3-4-1-2-4;1-2/h3-13H,21-22H2,1-2H3;4H,1-2H2;1H2/b14-10-,16-3+;;. The van der Waals surface area contributed by atoms with Gasteiger partial charge in [-0.2, -0.15) is 5.26 Å². The van der Waals surface area contributed by atoms with E-state index in [0.717, 1.165) is 51.0 Å².